The van der Waals surface area contributed by atoms with E-state index >= 15 is 0 Å². The minimum Gasteiger partial charge on any atom is -0.467 e. The second-order valence-corrected chi connectivity index (χ2v) is 8.39. The van der Waals surface area contributed by atoms with Crippen LogP contribution < -0.4 is 10.0 Å². The van der Waals surface area contributed by atoms with Gasteiger partial charge in [0.25, 0.3) is 15.9 Å². The van der Waals surface area contributed by atoms with Crippen LogP contribution in [0.25, 0.3) is 0 Å². The van der Waals surface area contributed by atoms with Gasteiger partial charge in [-0.05, 0) is 61.4 Å². The number of sulfonamides is 1. The second kappa shape index (κ2) is 8.08. The maximum atomic E-state index is 12.9. The van der Waals surface area contributed by atoms with Crippen LogP contribution in [0, 0.1) is 13.8 Å². The molecule has 0 bridgehead atoms. The van der Waals surface area contributed by atoms with Gasteiger partial charge in [0, 0.05) is 5.56 Å². The van der Waals surface area contributed by atoms with Crippen LogP contribution in [0.3, 0.4) is 0 Å². The SMILES string of the molecule is Cc1ccc(C)c(NS(=O)(=O)c2cc(C(=O)NCc3ccco3)ccc2Cl)c1. The summed E-state index contributed by atoms with van der Waals surface area (Å²) in [4.78, 5) is 12.2. The second-order valence-electron chi connectivity index (χ2n) is 6.33. The zero-order chi connectivity index (χ0) is 20.3. The lowest BCUT2D eigenvalue weighted by atomic mass is 10.1. The van der Waals surface area contributed by atoms with E-state index in [0.717, 1.165) is 11.1 Å². The molecule has 0 radical (unpaired) electrons. The van der Waals surface area contributed by atoms with E-state index in [-0.39, 0.29) is 22.0 Å². The van der Waals surface area contributed by atoms with Gasteiger partial charge in [0.2, 0.25) is 0 Å². The largest absolute Gasteiger partial charge is 0.467 e. The van der Waals surface area contributed by atoms with Crippen molar-refractivity contribution in [3.8, 4) is 0 Å². The molecule has 3 aromatic rings. The summed E-state index contributed by atoms with van der Waals surface area (Å²) in [5.74, 6) is 0.156. The van der Waals surface area contributed by atoms with Crippen LogP contribution in [0.2, 0.25) is 5.02 Å². The van der Waals surface area contributed by atoms with Gasteiger partial charge in [0.1, 0.15) is 10.7 Å². The minimum atomic E-state index is -3.98. The number of anilines is 1. The third kappa shape index (κ3) is 4.55. The topological polar surface area (TPSA) is 88.4 Å². The van der Waals surface area contributed by atoms with Crippen molar-refractivity contribution in [3.05, 3.63) is 82.3 Å². The van der Waals surface area contributed by atoms with Gasteiger partial charge < -0.3 is 9.73 Å². The number of nitrogens with one attached hydrogen (secondary N) is 2. The standard InChI is InChI=1S/C20H19ClN2O4S/c1-13-5-6-14(2)18(10-13)23-28(25,26)19-11-15(7-8-17(19)21)20(24)22-12-16-4-3-9-27-16/h3-11,23H,12H2,1-2H3,(H,22,24). The lowest BCUT2D eigenvalue weighted by molar-refractivity contribution is 0.0948. The number of carbonyl (C=O) groups excluding carboxylic acids is 1. The van der Waals surface area contributed by atoms with Crippen LogP contribution in [0.5, 0.6) is 0 Å². The first-order valence-electron chi connectivity index (χ1n) is 8.46. The maximum absolute atomic E-state index is 12.9. The highest BCUT2D eigenvalue weighted by atomic mass is 35.5. The summed E-state index contributed by atoms with van der Waals surface area (Å²) in [6.45, 7) is 3.86. The number of benzene rings is 2. The highest BCUT2D eigenvalue weighted by Gasteiger charge is 2.21. The minimum absolute atomic E-state index is 0.0281. The van der Waals surface area contributed by atoms with Crippen LogP contribution in [0.1, 0.15) is 27.2 Å². The maximum Gasteiger partial charge on any atom is 0.263 e. The van der Waals surface area contributed by atoms with Gasteiger partial charge in [-0.1, -0.05) is 23.7 Å². The Morgan fingerprint density at radius 3 is 2.61 bits per heavy atom. The quantitative estimate of drug-likeness (QED) is 0.625. The lowest BCUT2D eigenvalue weighted by Gasteiger charge is -2.13. The average molecular weight is 419 g/mol. The molecule has 3 rings (SSSR count). The van der Waals surface area contributed by atoms with Crippen molar-refractivity contribution in [2.45, 2.75) is 25.3 Å². The first kappa shape index (κ1) is 20.0. The summed E-state index contributed by atoms with van der Waals surface area (Å²) in [5, 5.41) is 2.70. The van der Waals surface area contributed by atoms with E-state index in [4.69, 9.17) is 16.0 Å². The molecule has 0 unspecified atom stereocenters. The molecule has 0 saturated heterocycles. The van der Waals surface area contributed by atoms with Crippen molar-refractivity contribution >= 4 is 33.2 Å². The van der Waals surface area contributed by atoms with Crippen LogP contribution in [0.15, 0.2) is 64.1 Å². The summed E-state index contributed by atoms with van der Waals surface area (Å²) in [6, 6.07) is 13.0. The molecule has 0 aliphatic carbocycles. The number of hydrogen-bond acceptors (Lipinski definition) is 4. The van der Waals surface area contributed by atoms with E-state index in [1.54, 1.807) is 25.1 Å². The molecule has 1 amide bonds. The zero-order valence-corrected chi connectivity index (χ0v) is 16.9. The van der Waals surface area contributed by atoms with E-state index < -0.39 is 15.9 Å². The van der Waals surface area contributed by atoms with E-state index in [2.05, 4.69) is 10.0 Å². The highest BCUT2D eigenvalue weighted by Crippen LogP contribution is 2.27. The Hall–Kier alpha value is -2.77. The summed E-state index contributed by atoms with van der Waals surface area (Å²) in [7, 11) is -3.98. The number of rotatable bonds is 6. The Bertz CT molecular complexity index is 1110. The molecule has 1 aromatic heterocycles. The molecule has 0 spiro atoms. The number of carbonyl (C=O) groups is 1. The predicted octanol–water partition coefficient (Wildman–Crippen LogP) is 4.28. The molecule has 2 aromatic carbocycles. The van der Waals surface area contributed by atoms with E-state index in [1.807, 2.05) is 19.1 Å². The van der Waals surface area contributed by atoms with Crippen LogP contribution in [0.4, 0.5) is 5.69 Å². The Labute approximate surface area is 168 Å². The fourth-order valence-corrected chi connectivity index (χ4v) is 4.23. The lowest BCUT2D eigenvalue weighted by Crippen LogP contribution is -2.23. The summed E-state index contributed by atoms with van der Waals surface area (Å²) in [6.07, 6.45) is 1.51. The molecule has 28 heavy (non-hydrogen) atoms. The van der Waals surface area contributed by atoms with E-state index in [0.29, 0.717) is 11.4 Å². The van der Waals surface area contributed by atoms with Gasteiger partial charge in [0.05, 0.1) is 23.5 Å². The van der Waals surface area contributed by atoms with Crippen molar-refractivity contribution in [1.82, 2.24) is 5.32 Å². The highest BCUT2D eigenvalue weighted by molar-refractivity contribution is 7.92. The fraction of sp³-hybridized carbons (Fsp3) is 0.150. The molecule has 8 heteroatoms. The van der Waals surface area contributed by atoms with Gasteiger partial charge in [-0.3, -0.25) is 9.52 Å². The van der Waals surface area contributed by atoms with Gasteiger partial charge in [-0.15, -0.1) is 0 Å². The molecule has 6 nitrogen and oxygen atoms in total. The number of aryl methyl sites for hydroxylation is 2. The van der Waals surface area contributed by atoms with Gasteiger partial charge >= 0.3 is 0 Å². The van der Waals surface area contributed by atoms with Crippen molar-refractivity contribution in [2.24, 2.45) is 0 Å². The third-order valence-corrected chi connectivity index (χ3v) is 5.97. The monoisotopic (exact) mass is 418 g/mol. The number of amides is 1. The van der Waals surface area contributed by atoms with E-state index in [9.17, 15) is 13.2 Å². The molecule has 2 N–H and O–H groups in total. The van der Waals surface area contributed by atoms with Crippen molar-refractivity contribution in [2.75, 3.05) is 4.72 Å². The molecule has 1 heterocycles. The normalized spacial score (nSPS) is 11.2. The van der Waals surface area contributed by atoms with E-state index in [1.165, 1.54) is 24.5 Å². The Morgan fingerprint density at radius 1 is 1.11 bits per heavy atom. The third-order valence-electron chi connectivity index (χ3n) is 4.12. The van der Waals surface area contributed by atoms with Crippen LogP contribution >= 0.6 is 11.6 Å². The molecule has 0 atom stereocenters. The van der Waals surface area contributed by atoms with Gasteiger partial charge in [-0.25, -0.2) is 8.42 Å². The molecule has 146 valence electrons. The predicted molar refractivity (Wildman–Crippen MR) is 108 cm³/mol. The Kier molecular flexibility index (Phi) is 5.76. The summed E-state index contributed by atoms with van der Waals surface area (Å²) < 4.78 is 33.4. The number of halogens is 1. The molecular weight excluding hydrogens is 400 g/mol. The molecular formula is C20H19ClN2O4S. The summed E-state index contributed by atoms with van der Waals surface area (Å²) in [5.41, 5.74) is 2.33. The molecule has 0 aliphatic heterocycles. The molecule has 0 saturated carbocycles. The van der Waals surface area contributed by atoms with Crippen molar-refractivity contribution < 1.29 is 17.6 Å². The average Bonchev–Trinajstić information content (AvgIpc) is 3.16. The first-order valence-corrected chi connectivity index (χ1v) is 10.3. The van der Waals surface area contributed by atoms with Gasteiger partial charge in [-0.2, -0.15) is 0 Å². The first-order chi connectivity index (χ1) is 13.3. The van der Waals surface area contributed by atoms with Crippen LogP contribution in [-0.2, 0) is 16.6 Å². The Balaban J connectivity index is 1.85. The zero-order valence-electron chi connectivity index (χ0n) is 15.3. The molecule has 0 fully saturated rings. The number of hydrogen-bond donors (Lipinski definition) is 2. The molecule has 0 aliphatic rings. The number of furan rings is 1. The fourth-order valence-electron chi connectivity index (χ4n) is 2.58. The summed E-state index contributed by atoms with van der Waals surface area (Å²) >= 11 is 6.12. The van der Waals surface area contributed by atoms with Gasteiger partial charge in [0.15, 0.2) is 0 Å². The van der Waals surface area contributed by atoms with Crippen LogP contribution in [-0.4, -0.2) is 14.3 Å². The Morgan fingerprint density at radius 2 is 1.89 bits per heavy atom. The van der Waals surface area contributed by atoms with Crippen molar-refractivity contribution in [1.29, 1.82) is 0 Å². The smallest absolute Gasteiger partial charge is 0.263 e. The van der Waals surface area contributed by atoms with Crippen molar-refractivity contribution in [3.63, 3.8) is 0 Å².